The van der Waals surface area contributed by atoms with Crippen molar-refractivity contribution in [1.82, 2.24) is 0 Å². The number of ether oxygens (including phenoxy) is 11. The molecule has 11 heteroatoms. The van der Waals surface area contributed by atoms with E-state index >= 15 is 0 Å². The lowest BCUT2D eigenvalue weighted by molar-refractivity contribution is -0.381. The molecule has 11 nitrogen and oxygen atoms in total. The molecule has 0 saturated carbocycles. The summed E-state index contributed by atoms with van der Waals surface area (Å²) in [5.74, 6) is 0. The first-order valence-electron chi connectivity index (χ1n) is 25.2. The molecule has 2 aliphatic rings. The van der Waals surface area contributed by atoms with Crippen LogP contribution in [0.5, 0.6) is 0 Å². The van der Waals surface area contributed by atoms with Gasteiger partial charge < -0.3 is 52.1 Å². The van der Waals surface area contributed by atoms with Crippen LogP contribution in [-0.2, 0) is 98.4 Å². The fourth-order valence-corrected chi connectivity index (χ4v) is 9.15. The van der Waals surface area contributed by atoms with Crippen molar-refractivity contribution in [1.29, 1.82) is 0 Å². The van der Waals surface area contributed by atoms with E-state index in [-0.39, 0.29) is 46.2 Å². The maximum absolute atomic E-state index is 7.40. The molecule has 380 valence electrons. The standard InChI is InChI=1S/C62H66O11/c1-63-61-60(58(69-42-51-33-19-7-20-34-51)56(67-40-49-29-15-5-16-30-49)53(71-61)44-64-37-46-23-9-2-10-24-46)73-62-59(70-43-52-35-21-8-22-36-52)57(68-41-50-31-17-6-18-32-50)55(66-39-48-27-13-4-14-28-48)54(72-62)45-65-38-47-25-11-3-12-26-47/h2-36,53-62H,37-45H2,1H3/t53-,54-,55-,56-,57+,58+,59+,60-,61-,62-/m1/s1. The molecule has 0 N–H and O–H groups in total. The summed E-state index contributed by atoms with van der Waals surface area (Å²) < 4.78 is 75.8. The van der Waals surface area contributed by atoms with Gasteiger partial charge in [0.25, 0.3) is 0 Å². The van der Waals surface area contributed by atoms with Gasteiger partial charge in [0, 0.05) is 7.11 Å². The Morgan fingerprint density at radius 3 is 0.863 bits per heavy atom. The van der Waals surface area contributed by atoms with Crippen molar-refractivity contribution in [3.8, 4) is 0 Å². The molecule has 10 atom stereocenters. The van der Waals surface area contributed by atoms with Gasteiger partial charge in [-0.2, -0.15) is 0 Å². The van der Waals surface area contributed by atoms with Crippen molar-refractivity contribution in [2.45, 2.75) is 108 Å². The van der Waals surface area contributed by atoms with Crippen LogP contribution in [0, 0.1) is 0 Å². The minimum Gasteiger partial charge on any atom is -0.374 e. The van der Waals surface area contributed by atoms with Crippen LogP contribution in [0.15, 0.2) is 212 Å². The molecule has 0 spiro atoms. The second-order valence-corrected chi connectivity index (χ2v) is 18.2. The van der Waals surface area contributed by atoms with Gasteiger partial charge in [-0.15, -0.1) is 0 Å². The fourth-order valence-electron chi connectivity index (χ4n) is 9.15. The topological polar surface area (TPSA) is 102 Å². The molecular weight excluding hydrogens is 921 g/mol. The number of hydrogen-bond donors (Lipinski definition) is 0. The molecule has 2 heterocycles. The van der Waals surface area contributed by atoms with E-state index < -0.39 is 61.4 Å². The van der Waals surface area contributed by atoms with Crippen molar-refractivity contribution in [2.75, 3.05) is 20.3 Å². The summed E-state index contributed by atoms with van der Waals surface area (Å²) in [5, 5.41) is 0. The Labute approximate surface area is 429 Å². The molecule has 7 aromatic rings. The van der Waals surface area contributed by atoms with Crippen LogP contribution >= 0.6 is 0 Å². The Hall–Kier alpha value is -5.90. The largest absolute Gasteiger partial charge is 0.374 e. The quantitative estimate of drug-likeness (QED) is 0.0518. The van der Waals surface area contributed by atoms with Crippen molar-refractivity contribution in [3.05, 3.63) is 251 Å². The van der Waals surface area contributed by atoms with Crippen molar-refractivity contribution < 1.29 is 52.1 Å². The molecule has 2 aliphatic heterocycles. The van der Waals surface area contributed by atoms with Gasteiger partial charge in [0.05, 0.1) is 59.5 Å². The average molecular weight is 987 g/mol. The number of benzene rings is 7. The van der Waals surface area contributed by atoms with E-state index in [1.54, 1.807) is 7.11 Å². The predicted octanol–water partition coefficient (Wildman–Crippen LogP) is 10.8. The minimum absolute atomic E-state index is 0.150. The highest BCUT2D eigenvalue weighted by molar-refractivity contribution is 5.19. The molecule has 9 rings (SSSR count). The third-order valence-electron chi connectivity index (χ3n) is 12.9. The van der Waals surface area contributed by atoms with Gasteiger partial charge in [0.2, 0.25) is 0 Å². The van der Waals surface area contributed by atoms with E-state index in [2.05, 4.69) is 0 Å². The highest BCUT2D eigenvalue weighted by Crippen LogP contribution is 2.37. The van der Waals surface area contributed by atoms with Crippen LogP contribution in [0.3, 0.4) is 0 Å². The number of hydrogen-bond acceptors (Lipinski definition) is 11. The maximum Gasteiger partial charge on any atom is 0.187 e. The number of methoxy groups -OCH3 is 1. The fraction of sp³-hybridized carbons (Fsp3) is 0.323. The van der Waals surface area contributed by atoms with Crippen molar-refractivity contribution >= 4 is 0 Å². The van der Waals surface area contributed by atoms with Crippen LogP contribution in [0.1, 0.15) is 38.9 Å². The zero-order valence-electron chi connectivity index (χ0n) is 41.3. The van der Waals surface area contributed by atoms with E-state index in [1.165, 1.54) is 0 Å². The normalized spacial score (nSPS) is 24.0. The summed E-state index contributed by atoms with van der Waals surface area (Å²) in [5.41, 5.74) is 6.97. The van der Waals surface area contributed by atoms with Gasteiger partial charge in [-0.1, -0.05) is 212 Å². The van der Waals surface area contributed by atoms with Crippen LogP contribution < -0.4 is 0 Å². The summed E-state index contributed by atoms with van der Waals surface area (Å²) in [6.07, 6.45) is -8.11. The molecule has 0 amide bonds. The van der Waals surface area contributed by atoms with Gasteiger partial charge in [-0.25, -0.2) is 0 Å². The monoisotopic (exact) mass is 986 g/mol. The van der Waals surface area contributed by atoms with E-state index in [0.717, 1.165) is 38.9 Å². The lowest BCUT2D eigenvalue weighted by Crippen LogP contribution is -2.66. The summed E-state index contributed by atoms with van der Waals surface area (Å²) in [4.78, 5) is 0. The van der Waals surface area contributed by atoms with E-state index in [1.807, 2.05) is 212 Å². The van der Waals surface area contributed by atoms with E-state index in [0.29, 0.717) is 13.2 Å². The SMILES string of the molecule is CO[C@@H]1O[C@H](COCc2ccccc2)[C@@H](OCc2ccccc2)[C@H](OCc2ccccc2)[C@H]1O[C@H]1O[C@H](COCc2ccccc2)[C@@H](OCc2ccccc2)[C@H](OCc2ccccc2)[C@@H]1OCc1ccccc1. The Morgan fingerprint density at radius 2 is 0.548 bits per heavy atom. The zero-order valence-corrected chi connectivity index (χ0v) is 41.3. The Bertz CT molecular complexity index is 2560. The summed E-state index contributed by atoms with van der Waals surface area (Å²) in [6, 6.07) is 70.4. The minimum atomic E-state index is -1.10. The Balaban J connectivity index is 1.09. The molecule has 0 unspecified atom stereocenters. The first-order chi connectivity index (χ1) is 36.2. The lowest BCUT2D eigenvalue weighted by atomic mass is 9.96. The third kappa shape index (κ3) is 15.3. The van der Waals surface area contributed by atoms with E-state index in [9.17, 15) is 0 Å². The van der Waals surface area contributed by atoms with Crippen LogP contribution in [0.2, 0.25) is 0 Å². The molecule has 0 aliphatic carbocycles. The Kier molecular flexibility index (Phi) is 19.9. The third-order valence-corrected chi connectivity index (χ3v) is 12.9. The molecule has 2 saturated heterocycles. The molecule has 0 bridgehead atoms. The molecule has 7 aromatic carbocycles. The van der Waals surface area contributed by atoms with Gasteiger partial charge in [-0.05, 0) is 38.9 Å². The first kappa shape index (κ1) is 52.0. The second-order valence-electron chi connectivity index (χ2n) is 18.2. The molecular formula is C62H66O11. The average Bonchev–Trinajstić information content (AvgIpc) is 3.45. The predicted molar refractivity (Wildman–Crippen MR) is 276 cm³/mol. The van der Waals surface area contributed by atoms with Crippen molar-refractivity contribution in [3.63, 3.8) is 0 Å². The van der Waals surface area contributed by atoms with Gasteiger partial charge in [-0.3, -0.25) is 0 Å². The van der Waals surface area contributed by atoms with Gasteiger partial charge in [0.1, 0.15) is 48.8 Å². The highest BCUT2D eigenvalue weighted by atomic mass is 16.8. The summed E-state index contributed by atoms with van der Waals surface area (Å²) >= 11 is 0. The summed E-state index contributed by atoms with van der Waals surface area (Å²) in [7, 11) is 1.60. The molecule has 0 radical (unpaired) electrons. The molecule has 0 aromatic heterocycles. The molecule has 73 heavy (non-hydrogen) atoms. The van der Waals surface area contributed by atoms with Crippen LogP contribution in [-0.4, -0.2) is 81.7 Å². The second kappa shape index (κ2) is 28.0. The zero-order chi connectivity index (χ0) is 49.7. The van der Waals surface area contributed by atoms with Gasteiger partial charge >= 0.3 is 0 Å². The Morgan fingerprint density at radius 1 is 0.288 bits per heavy atom. The van der Waals surface area contributed by atoms with Crippen LogP contribution in [0.4, 0.5) is 0 Å². The maximum atomic E-state index is 7.40. The highest BCUT2D eigenvalue weighted by Gasteiger charge is 2.54. The van der Waals surface area contributed by atoms with E-state index in [4.69, 9.17) is 52.1 Å². The summed E-state index contributed by atoms with van der Waals surface area (Å²) in [6.45, 7) is 2.38. The van der Waals surface area contributed by atoms with Crippen molar-refractivity contribution in [2.24, 2.45) is 0 Å². The smallest absolute Gasteiger partial charge is 0.187 e. The molecule has 2 fully saturated rings. The first-order valence-corrected chi connectivity index (χ1v) is 25.2. The lowest BCUT2D eigenvalue weighted by Gasteiger charge is -2.50. The number of rotatable bonds is 26. The van der Waals surface area contributed by atoms with Gasteiger partial charge in [0.15, 0.2) is 12.6 Å². The van der Waals surface area contributed by atoms with Crippen LogP contribution in [0.25, 0.3) is 0 Å².